The van der Waals surface area contributed by atoms with Crippen LogP contribution in [0.4, 0.5) is 4.39 Å². The van der Waals surface area contributed by atoms with Crippen molar-refractivity contribution in [1.29, 1.82) is 5.26 Å². The minimum absolute atomic E-state index is 0.0755. The van der Waals surface area contributed by atoms with Crippen molar-refractivity contribution in [3.8, 4) is 17.6 Å². The Morgan fingerprint density at radius 2 is 2.03 bits per heavy atom. The second kappa shape index (κ2) is 9.88. The summed E-state index contributed by atoms with van der Waals surface area (Å²) in [5, 5.41) is 9.69. The Kier molecular flexibility index (Phi) is 7.00. The van der Waals surface area contributed by atoms with E-state index in [2.05, 4.69) is 0 Å². The molecule has 0 amide bonds. The molecule has 2 N–H and O–H groups in total. The van der Waals surface area contributed by atoms with Crippen molar-refractivity contribution in [3.63, 3.8) is 0 Å². The predicted octanol–water partition coefficient (Wildman–Crippen LogP) is 4.06. The molecule has 0 saturated heterocycles. The maximum atomic E-state index is 13.4. The van der Waals surface area contributed by atoms with Gasteiger partial charge in [0, 0.05) is 0 Å². The van der Waals surface area contributed by atoms with Crippen molar-refractivity contribution in [1.82, 2.24) is 0 Å². The molecule has 2 aromatic carbocycles. The summed E-state index contributed by atoms with van der Waals surface area (Å²) in [5.41, 5.74) is 7.44. The molecule has 8 heteroatoms. The van der Waals surface area contributed by atoms with Gasteiger partial charge in [-0.3, -0.25) is 0 Å². The highest BCUT2D eigenvalue weighted by atomic mass is 19.1. The zero-order chi connectivity index (χ0) is 23.3. The summed E-state index contributed by atoms with van der Waals surface area (Å²) < 4.78 is 35.3. The van der Waals surface area contributed by atoms with Crippen molar-refractivity contribution >= 4 is 5.97 Å². The number of carbonyl (C=O) groups excluding carboxylic acids is 1. The van der Waals surface area contributed by atoms with E-state index in [-0.39, 0.29) is 41.8 Å². The van der Waals surface area contributed by atoms with Gasteiger partial charge in [0.1, 0.15) is 29.8 Å². The number of allylic oxidation sites excluding steroid dienone is 2. The van der Waals surface area contributed by atoms with Crippen LogP contribution in [0.1, 0.15) is 30.9 Å². The molecule has 1 aliphatic rings. The summed E-state index contributed by atoms with van der Waals surface area (Å²) in [6.45, 7) is 3.58. The normalized spacial score (nSPS) is 15.7. The van der Waals surface area contributed by atoms with Gasteiger partial charge in [-0.1, -0.05) is 18.2 Å². The first-order valence-corrected chi connectivity index (χ1v) is 9.90. The first kappa shape index (κ1) is 22.7. The summed E-state index contributed by atoms with van der Waals surface area (Å²) in [6.07, 6.45) is 0. The molecule has 166 valence electrons. The van der Waals surface area contributed by atoms with Crippen LogP contribution in [0.15, 0.2) is 65.3 Å². The van der Waals surface area contributed by atoms with Gasteiger partial charge in [0.05, 0.1) is 25.2 Å². The first-order chi connectivity index (χ1) is 15.4. The Labute approximate surface area is 185 Å². The highest BCUT2D eigenvalue weighted by Gasteiger charge is 2.36. The molecule has 7 nitrogen and oxygen atoms in total. The Morgan fingerprint density at radius 3 is 2.69 bits per heavy atom. The van der Waals surface area contributed by atoms with Gasteiger partial charge in [0.15, 0.2) is 11.5 Å². The van der Waals surface area contributed by atoms with Gasteiger partial charge in [0.25, 0.3) is 0 Å². The minimum Gasteiger partial charge on any atom is -0.493 e. The van der Waals surface area contributed by atoms with Gasteiger partial charge in [-0.05, 0) is 49.2 Å². The van der Waals surface area contributed by atoms with E-state index in [0.29, 0.717) is 22.6 Å². The minimum atomic E-state index is -0.793. The Hall–Kier alpha value is -3.99. The smallest absolute Gasteiger partial charge is 0.338 e. The van der Waals surface area contributed by atoms with Gasteiger partial charge >= 0.3 is 5.97 Å². The van der Waals surface area contributed by atoms with Gasteiger partial charge < -0.3 is 24.7 Å². The van der Waals surface area contributed by atoms with Crippen molar-refractivity contribution in [2.24, 2.45) is 5.73 Å². The third-order valence-corrected chi connectivity index (χ3v) is 4.91. The van der Waals surface area contributed by atoms with E-state index in [4.69, 9.17) is 24.7 Å². The molecule has 2 aromatic rings. The van der Waals surface area contributed by atoms with Crippen molar-refractivity contribution in [3.05, 3.63) is 82.2 Å². The highest BCUT2D eigenvalue weighted by molar-refractivity contribution is 5.92. The Bertz CT molecular complexity index is 1130. The van der Waals surface area contributed by atoms with Crippen molar-refractivity contribution < 1.29 is 28.1 Å². The number of esters is 1. The van der Waals surface area contributed by atoms with Crippen molar-refractivity contribution in [2.75, 3.05) is 13.7 Å². The second-order valence-electron chi connectivity index (χ2n) is 6.94. The largest absolute Gasteiger partial charge is 0.493 e. The van der Waals surface area contributed by atoms with Crippen LogP contribution in [0.2, 0.25) is 0 Å². The predicted molar refractivity (Wildman–Crippen MR) is 114 cm³/mol. The van der Waals surface area contributed by atoms with Gasteiger partial charge in [0.2, 0.25) is 5.88 Å². The fourth-order valence-electron chi connectivity index (χ4n) is 3.46. The lowest BCUT2D eigenvalue weighted by molar-refractivity contribution is -0.139. The molecule has 0 unspecified atom stereocenters. The van der Waals surface area contributed by atoms with Crippen LogP contribution in [0, 0.1) is 17.1 Å². The Balaban J connectivity index is 1.98. The number of nitrogens with zero attached hydrogens (tertiary/aromatic N) is 1. The third kappa shape index (κ3) is 4.67. The maximum Gasteiger partial charge on any atom is 0.338 e. The zero-order valence-electron chi connectivity index (χ0n) is 18.0. The molecule has 0 radical (unpaired) electrons. The summed E-state index contributed by atoms with van der Waals surface area (Å²) in [7, 11) is 1.47. The molecule has 1 aliphatic heterocycles. The number of hydrogen-bond acceptors (Lipinski definition) is 7. The molecule has 0 spiro atoms. The van der Waals surface area contributed by atoms with Crippen molar-refractivity contribution in [2.45, 2.75) is 26.4 Å². The zero-order valence-corrected chi connectivity index (χ0v) is 18.0. The third-order valence-electron chi connectivity index (χ3n) is 4.91. The molecule has 0 aliphatic carbocycles. The van der Waals surface area contributed by atoms with Crippen LogP contribution < -0.4 is 15.2 Å². The van der Waals surface area contributed by atoms with E-state index in [1.54, 1.807) is 44.2 Å². The highest BCUT2D eigenvalue weighted by Crippen LogP contribution is 2.42. The first-order valence-electron chi connectivity index (χ1n) is 9.90. The van der Waals surface area contributed by atoms with E-state index < -0.39 is 11.9 Å². The number of nitrogens with two attached hydrogens (primary N) is 1. The quantitative estimate of drug-likeness (QED) is 0.650. The SMILES string of the molecule is CCOC(=O)C1=C(C)OC(N)=C(C#N)[C@H]1c1ccc(OCc2cccc(F)c2)c(OC)c1. The average molecular weight is 438 g/mol. The van der Waals surface area contributed by atoms with Gasteiger partial charge in [-0.25, -0.2) is 9.18 Å². The van der Waals surface area contributed by atoms with Crippen LogP contribution in [-0.2, 0) is 20.9 Å². The van der Waals surface area contributed by atoms with E-state index in [9.17, 15) is 14.4 Å². The fraction of sp³-hybridized carbons (Fsp3) is 0.250. The molecule has 32 heavy (non-hydrogen) atoms. The number of benzene rings is 2. The van der Waals surface area contributed by atoms with Crippen LogP contribution in [0.5, 0.6) is 11.5 Å². The number of carbonyl (C=O) groups is 1. The average Bonchev–Trinajstić information content (AvgIpc) is 2.77. The maximum absolute atomic E-state index is 13.4. The topological polar surface area (TPSA) is 104 Å². The number of ether oxygens (including phenoxy) is 4. The molecule has 0 aromatic heterocycles. The molecule has 0 saturated carbocycles. The van der Waals surface area contributed by atoms with E-state index >= 15 is 0 Å². The molecule has 0 fully saturated rings. The number of halogens is 1. The second-order valence-corrected chi connectivity index (χ2v) is 6.94. The van der Waals surface area contributed by atoms with Crippen LogP contribution in [-0.4, -0.2) is 19.7 Å². The van der Waals surface area contributed by atoms with Crippen LogP contribution in [0.25, 0.3) is 0 Å². The molecular weight excluding hydrogens is 415 g/mol. The summed E-state index contributed by atoms with van der Waals surface area (Å²) in [5.74, 6) is -0.762. The standard InChI is InChI=1S/C24H23FN2O5/c1-4-30-24(28)21-14(2)32-23(27)18(12-26)22(21)16-8-9-19(20(11-16)29-3)31-13-15-6-5-7-17(25)10-15/h5-11,22H,4,13,27H2,1-3H3/t22-/m1/s1. The summed E-state index contributed by atoms with van der Waals surface area (Å²) >= 11 is 0. The van der Waals surface area contributed by atoms with E-state index in [1.807, 2.05) is 6.07 Å². The molecule has 1 heterocycles. The molecular formula is C24H23FN2O5. The van der Waals surface area contributed by atoms with Gasteiger partial charge in [-0.2, -0.15) is 5.26 Å². The number of rotatable bonds is 7. The molecule has 0 bridgehead atoms. The molecule has 1 atom stereocenters. The Morgan fingerprint density at radius 1 is 1.25 bits per heavy atom. The van der Waals surface area contributed by atoms with E-state index in [0.717, 1.165) is 0 Å². The van der Waals surface area contributed by atoms with Crippen LogP contribution in [0.3, 0.4) is 0 Å². The lowest BCUT2D eigenvalue weighted by atomic mass is 9.83. The van der Waals surface area contributed by atoms with Gasteiger partial charge in [-0.15, -0.1) is 0 Å². The van der Waals surface area contributed by atoms with E-state index in [1.165, 1.54) is 19.2 Å². The number of hydrogen-bond donors (Lipinski definition) is 1. The molecule has 3 rings (SSSR count). The lowest BCUT2D eigenvalue weighted by Crippen LogP contribution is -2.25. The summed E-state index contributed by atoms with van der Waals surface area (Å²) in [6, 6.07) is 13.1. The monoisotopic (exact) mass is 438 g/mol. The number of methoxy groups -OCH3 is 1. The fourth-order valence-corrected chi connectivity index (χ4v) is 3.46. The summed E-state index contributed by atoms with van der Waals surface area (Å²) in [4.78, 5) is 12.6. The van der Waals surface area contributed by atoms with Crippen LogP contribution >= 0.6 is 0 Å². The number of nitriles is 1. The lowest BCUT2D eigenvalue weighted by Gasteiger charge is -2.27.